The third kappa shape index (κ3) is 3.21. The minimum absolute atomic E-state index is 0.0318. The van der Waals surface area contributed by atoms with Crippen LogP contribution >= 0.6 is 0 Å². The number of cyclic esters (lactones) is 1. The van der Waals surface area contributed by atoms with Crippen molar-refractivity contribution in [3.63, 3.8) is 0 Å². The van der Waals surface area contributed by atoms with Crippen LogP contribution in [0.2, 0.25) is 0 Å². The van der Waals surface area contributed by atoms with Crippen molar-refractivity contribution in [1.82, 2.24) is 0 Å². The first-order valence-electron chi connectivity index (χ1n) is 5.10. The Labute approximate surface area is 80.0 Å². The van der Waals surface area contributed by atoms with Crippen LogP contribution in [0, 0.1) is 5.92 Å². The molecule has 1 heterocycles. The number of allylic oxidation sites excluding steroid dienone is 1. The monoisotopic (exact) mass is 182 g/mol. The summed E-state index contributed by atoms with van der Waals surface area (Å²) in [5.74, 6) is 0.294. The molecule has 0 unspecified atom stereocenters. The quantitative estimate of drug-likeness (QED) is 0.379. The highest BCUT2D eigenvalue weighted by Crippen LogP contribution is 2.22. The van der Waals surface area contributed by atoms with E-state index in [1.807, 2.05) is 6.08 Å². The summed E-state index contributed by atoms with van der Waals surface area (Å²) in [5.41, 5.74) is 0. The minimum Gasteiger partial charge on any atom is -0.458 e. The summed E-state index contributed by atoms with van der Waals surface area (Å²) in [6.45, 7) is 4.23. The minimum atomic E-state index is -0.0577. The zero-order valence-corrected chi connectivity index (χ0v) is 8.45. The SMILES string of the molecule is CCCCC=C[C@@H]1OC(=O)C[C@H]1C. The van der Waals surface area contributed by atoms with Crippen molar-refractivity contribution in [3.8, 4) is 0 Å². The summed E-state index contributed by atoms with van der Waals surface area (Å²) >= 11 is 0. The highest BCUT2D eigenvalue weighted by Gasteiger charge is 2.28. The molecule has 0 aromatic rings. The van der Waals surface area contributed by atoms with Crippen LogP contribution < -0.4 is 0 Å². The standard InChI is InChI=1S/C11H18O2/c1-3-4-5-6-7-10-9(2)8-11(12)13-10/h6-7,9-10H,3-5,8H2,1-2H3/t9-,10+/m1/s1. The van der Waals surface area contributed by atoms with Gasteiger partial charge in [-0.05, 0) is 12.5 Å². The molecule has 0 aromatic heterocycles. The molecule has 1 rings (SSSR count). The van der Waals surface area contributed by atoms with E-state index in [2.05, 4.69) is 19.9 Å². The number of unbranched alkanes of at least 4 members (excludes halogenated alkanes) is 2. The van der Waals surface area contributed by atoms with Gasteiger partial charge in [-0.3, -0.25) is 4.79 Å². The number of esters is 1. The van der Waals surface area contributed by atoms with E-state index < -0.39 is 0 Å². The van der Waals surface area contributed by atoms with Gasteiger partial charge in [-0.2, -0.15) is 0 Å². The second kappa shape index (κ2) is 5.05. The lowest BCUT2D eigenvalue weighted by molar-refractivity contribution is -0.140. The van der Waals surface area contributed by atoms with Crippen molar-refractivity contribution in [2.75, 3.05) is 0 Å². The van der Waals surface area contributed by atoms with Crippen molar-refractivity contribution >= 4 is 5.97 Å². The van der Waals surface area contributed by atoms with Crippen molar-refractivity contribution < 1.29 is 9.53 Å². The second-order valence-electron chi connectivity index (χ2n) is 3.71. The van der Waals surface area contributed by atoms with E-state index in [1.165, 1.54) is 12.8 Å². The van der Waals surface area contributed by atoms with E-state index in [1.54, 1.807) is 0 Å². The van der Waals surface area contributed by atoms with Gasteiger partial charge >= 0.3 is 5.97 Å². The second-order valence-corrected chi connectivity index (χ2v) is 3.71. The molecule has 0 saturated carbocycles. The van der Waals surface area contributed by atoms with Crippen LogP contribution in [-0.2, 0) is 9.53 Å². The molecular weight excluding hydrogens is 164 g/mol. The topological polar surface area (TPSA) is 26.3 Å². The van der Waals surface area contributed by atoms with Gasteiger partial charge in [0.2, 0.25) is 0 Å². The van der Waals surface area contributed by atoms with Crippen LogP contribution in [0.25, 0.3) is 0 Å². The number of hydrogen-bond acceptors (Lipinski definition) is 2. The van der Waals surface area contributed by atoms with Crippen LogP contribution in [0.3, 0.4) is 0 Å². The lowest BCUT2D eigenvalue weighted by Gasteiger charge is -2.07. The maximum absolute atomic E-state index is 10.9. The first-order valence-corrected chi connectivity index (χ1v) is 5.10. The molecule has 2 heteroatoms. The Morgan fingerprint density at radius 1 is 1.62 bits per heavy atom. The van der Waals surface area contributed by atoms with Crippen LogP contribution in [0.1, 0.15) is 39.5 Å². The largest absolute Gasteiger partial charge is 0.458 e. The maximum atomic E-state index is 10.9. The van der Waals surface area contributed by atoms with Crippen LogP contribution in [-0.4, -0.2) is 12.1 Å². The molecule has 0 spiro atoms. The molecule has 1 aliphatic heterocycles. The summed E-state index contributed by atoms with van der Waals surface area (Å²) in [5, 5.41) is 0. The predicted molar refractivity (Wildman–Crippen MR) is 52.3 cm³/mol. The molecule has 0 N–H and O–H groups in total. The Balaban J connectivity index is 2.28. The molecule has 0 aliphatic carbocycles. The molecule has 0 radical (unpaired) electrons. The Morgan fingerprint density at radius 2 is 2.38 bits per heavy atom. The first kappa shape index (κ1) is 10.3. The summed E-state index contributed by atoms with van der Waals surface area (Å²) in [6.07, 6.45) is 8.29. The molecular formula is C11H18O2. The fourth-order valence-corrected chi connectivity index (χ4v) is 1.48. The fraction of sp³-hybridized carbons (Fsp3) is 0.727. The van der Waals surface area contributed by atoms with Gasteiger partial charge in [0.05, 0.1) is 6.42 Å². The number of carbonyl (C=O) groups excluding carboxylic acids is 1. The fourth-order valence-electron chi connectivity index (χ4n) is 1.48. The van der Waals surface area contributed by atoms with E-state index in [0.717, 1.165) is 6.42 Å². The maximum Gasteiger partial charge on any atom is 0.306 e. The Kier molecular flexibility index (Phi) is 4.00. The van der Waals surface area contributed by atoms with Gasteiger partial charge in [0.15, 0.2) is 0 Å². The van der Waals surface area contributed by atoms with Gasteiger partial charge in [-0.25, -0.2) is 0 Å². The molecule has 2 atom stereocenters. The zero-order valence-electron chi connectivity index (χ0n) is 8.45. The lowest BCUT2D eigenvalue weighted by Crippen LogP contribution is -2.09. The van der Waals surface area contributed by atoms with Crippen LogP contribution in [0.15, 0.2) is 12.2 Å². The average molecular weight is 182 g/mol. The first-order chi connectivity index (χ1) is 6.24. The summed E-state index contributed by atoms with van der Waals surface area (Å²) in [6, 6.07) is 0. The van der Waals surface area contributed by atoms with Crippen molar-refractivity contribution in [1.29, 1.82) is 0 Å². The number of rotatable bonds is 4. The molecule has 1 fully saturated rings. The Bertz CT molecular complexity index is 196. The van der Waals surface area contributed by atoms with E-state index in [4.69, 9.17) is 4.74 Å². The van der Waals surface area contributed by atoms with Gasteiger partial charge in [-0.15, -0.1) is 0 Å². The molecule has 74 valence electrons. The molecule has 1 aliphatic rings. The van der Waals surface area contributed by atoms with Gasteiger partial charge < -0.3 is 4.74 Å². The van der Waals surface area contributed by atoms with E-state index >= 15 is 0 Å². The number of hydrogen-bond donors (Lipinski definition) is 0. The van der Waals surface area contributed by atoms with Gasteiger partial charge in [-0.1, -0.05) is 32.8 Å². The van der Waals surface area contributed by atoms with Crippen LogP contribution in [0.5, 0.6) is 0 Å². The molecule has 2 nitrogen and oxygen atoms in total. The summed E-state index contributed by atoms with van der Waals surface area (Å²) < 4.78 is 5.13. The normalized spacial score (nSPS) is 28.3. The van der Waals surface area contributed by atoms with E-state index in [0.29, 0.717) is 12.3 Å². The zero-order chi connectivity index (χ0) is 9.68. The molecule has 0 amide bonds. The third-order valence-electron chi connectivity index (χ3n) is 2.37. The number of ether oxygens (including phenoxy) is 1. The summed E-state index contributed by atoms with van der Waals surface area (Å²) in [7, 11) is 0. The van der Waals surface area contributed by atoms with Crippen molar-refractivity contribution in [3.05, 3.63) is 12.2 Å². The average Bonchev–Trinajstić information content (AvgIpc) is 2.39. The lowest BCUT2D eigenvalue weighted by atomic mass is 10.0. The smallest absolute Gasteiger partial charge is 0.306 e. The molecule has 1 saturated heterocycles. The Hall–Kier alpha value is -0.790. The van der Waals surface area contributed by atoms with Gasteiger partial charge in [0.1, 0.15) is 6.10 Å². The highest BCUT2D eigenvalue weighted by molar-refractivity contribution is 5.72. The third-order valence-corrected chi connectivity index (χ3v) is 2.37. The predicted octanol–water partition coefficient (Wildman–Crippen LogP) is 2.68. The van der Waals surface area contributed by atoms with Crippen molar-refractivity contribution in [2.24, 2.45) is 5.92 Å². The van der Waals surface area contributed by atoms with Gasteiger partial charge in [0, 0.05) is 5.92 Å². The molecule has 0 bridgehead atoms. The van der Waals surface area contributed by atoms with E-state index in [-0.39, 0.29) is 12.1 Å². The molecule has 13 heavy (non-hydrogen) atoms. The highest BCUT2D eigenvalue weighted by atomic mass is 16.5. The van der Waals surface area contributed by atoms with Crippen molar-refractivity contribution in [2.45, 2.75) is 45.6 Å². The van der Waals surface area contributed by atoms with E-state index in [9.17, 15) is 4.79 Å². The summed E-state index contributed by atoms with van der Waals surface area (Å²) in [4.78, 5) is 10.9. The Morgan fingerprint density at radius 3 is 2.92 bits per heavy atom. The number of carbonyl (C=O) groups is 1. The molecule has 0 aromatic carbocycles. The van der Waals surface area contributed by atoms with Gasteiger partial charge in [0.25, 0.3) is 0 Å². The van der Waals surface area contributed by atoms with Crippen LogP contribution in [0.4, 0.5) is 0 Å².